The number of hydrogen-bond donors (Lipinski definition) is 2. The third-order valence-corrected chi connectivity index (χ3v) is 3.81. The van der Waals surface area contributed by atoms with Crippen LogP contribution in [0.4, 0.5) is 0 Å². The Morgan fingerprint density at radius 1 is 1.26 bits per heavy atom. The zero-order valence-electron chi connectivity index (χ0n) is 11.1. The van der Waals surface area contributed by atoms with E-state index in [0.29, 0.717) is 12.1 Å². The van der Waals surface area contributed by atoms with Crippen molar-refractivity contribution in [2.45, 2.75) is 26.2 Å². The van der Waals surface area contributed by atoms with Crippen LogP contribution < -0.4 is 5.32 Å². The third-order valence-electron chi connectivity index (χ3n) is 3.81. The van der Waals surface area contributed by atoms with Crippen LogP contribution in [0.5, 0.6) is 0 Å². The molecule has 2 N–H and O–H groups in total. The first-order chi connectivity index (χ1) is 9.08. The molecule has 1 fully saturated rings. The van der Waals surface area contributed by atoms with Gasteiger partial charge in [-0.25, -0.2) is 0 Å². The van der Waals surface area contributed by atoms with Crippen molar-refractivity contribution in [2.24, 2.45) is 11.8 Å². The number of aliphatic carboxylic acids is 1. The highest BCUT2D eigenvalue weighted by atomic mass is 16.4. The minimum Gasteiger partial charge on any atom is -0.481 e. The number of benzene rings is 1. The van der Waals surface area contributed by atoms with E-state index in [2.05, 4.69) is 5.32 Å². The Balaban J connectivity index is 1.90. The first kappa shape index (κ1) is 13.6. The maximum Gasteiger partial charge on any atom is 0.306 e. The first-order valence-corrected chi connectivity index (χ1v) is 6.65. The van der Waals surface area contributed by atoms with E-state index in [-0.39, 0.29) is 17.7 Å². The molecule has 1 aliphatic rings. The highest BCUT2D eigenvalue weighted by Crippen LogP contribution is 2.31. The number of carboxylic acids is 1. The molecular formula is C15H19NO3. The van der Waals surface area contributed by atoms with E-state index in [9.17, 15) is 9.59 Å². The number of carbonyl (C=O) groups excluding carboxylic acids is 1. The molecule has 0 saturated heterocycles. The second kappa shape index (κ2) is 5.87. The number of carboxylic acid groups (broad SMARTS) is 1. The van der Waals surface area contributed by atoms with Crippen molar-refractivity contribution in [3.63, 3.8) is 0 Å². The molecule has 2 atom stereocenters. The van der Waals surface area contributed by atoms with E-state index in [0.717, 1.165) is 24.8 Å². The van der Waals surface area contributed by atoms with Crippen LogP contribution in [-0.4, -0.2) is 23.5 Å². The molecule has 19 heavy (non-hydrogen) atoms. The SMILES string of the molecule is Cc1ccc(C(=O)NCC2CCCC2C(=O)O)cc1. The lowest BCUT2D eigenvalue weighted by molar-refractivity contribution is -0.142. The Kier molecular flexibility index (Phi) is 4.20. The summed E-state index contributed by atoms with van der Waals surface area (Å²) in [6.07, 6.45) is 2.54. The summed E-state index contributed by atoms with van der Waals surface area (Å²) >= 11 is 0. The van der Waals surface area contributed by atoms with Crippen LogP contribution in [0.15, 0.2) is 24.3 Å². The Morgan fingerprint density at radius 3 is 2.58 bits per heavy atom. The lowest BCUT2D eigenvalue weighted by Gasteiger charge is -2.16. The van der Waals surface area contributed by atoms with Crippen LogP contribution in [0.3, 0.4) is 0 Å². The molecule has 4 heteroatoms. The third kappa shape index (κ3) is 3.34. The molecular weight excluding hydrogens is 242 g/mol. The molecule has 0 heterocycles. The van der Waals surface area contributed by atoms with Crippen molar-refractivity contribution in [3.05, 3.63) is 35.4 Å². The maximum atomic E-state index is 11.9. The van der Waals surface area contributed by atoms with E-state index in [1.165, 1.54) is 0 Å². The van der Waals surface area contributed by atoms with Crippen molar-refractivity contribution in [1.29, 1.82) is 0 Å². The number of aryl methyl sites for hydroxylation is 1. The van der Waals surface area contributed by atoms with Gasteiger partial charge in [-0.2, -0.15) is 0 Å². The van der Waals surface area contributed by atoms with Gasteiger partial charge in [0.15, 0.2) is 0 Å². The zero-order valence-corrected chi connectivity index (χ0v) is 11.1. The number of amides is 1. The van der Waals surface area contributed by atoms with Crippen molar-refractivity contribution in [3.8, 4) is 0 Å². The summed E-state index contributed by atoms with van der Waals surface area (Å²) in [5.74, 6) is -1.12. The smallest absolute Gasteiger partial charge is 0.306 e. The number of hydrogen-bond acceptors (Lipinski definition) is 2. The summed E-state index contributed by atoms with van der Waals surface area (Å²) in [4.78, 5) is 23.0. The largest absolute Gasteiger partial charge is 0.481 e. The van der Waals surface area contributed by atoms with Gasteiger partial charge in [-0.1, -0.05) is 24.1 Å². The lowest BCUT2D eigenvalue weighted by atomic mass is 9.96. The van der Waals surface area contributed by atoms with Crippen LogP contribution in [0.25, 0.3) is 0 Å². The average molecular weight is 261 g/mol. The first-order valence-electron chi connectivity index (χ1n) is 6.65. The lowest BCUT2D eigenvalue weighted by Crippen LogP contribution is -2.33. The predicted molar refractivity (Wildman–Crippen MR) is 72.0 cm³/mol. The molecule has 1 aromatic rings. The minimum absolute atomic E-state index is 0.0619. The molecule has 102 valence electrons. The topological polar surface area (TPSA) is 66.4 Å². The molecule has 0 bridgehead atoms. The van der Waals surface area contributed by atoms with E-state index in [4.69, 9.17) is 5.11 Å². The maximum absolute atomic E-state index is 11.9. The number of carbonyl (C=O) groups is 2. The van der Waals surface area contributed by atoms with E-state index < -0.39 is 5.97 Å². The quantitative estimate of drug-likeness (QED) is 0.873. The zero-order chi connectivity index (χ0) is 13.8. The molecule has 0 radical (unpaired) electrons. The number of rotatable bonds is 4. The summed E-state index contributed by atoms with van der Waals surface area (Å²) in [5, 5.41) is 11.9. The van der Waals surface area contributed by atoms with E-state index in [1.807, 2.05) is 19.1 Å². The minimum atomic E-state index is -0.743. The van der Waals surface area contributed by atoms with Gasteiger partial charge in [0.1, 0.15) is 0 Å². The molecule has 0 aliphatic heterocycles. The fourth-order valence-electron chi connectivity index (χ4n) is 2.64. The molecule has 1 aliphatic carbocycles. The van der Waals surface area contributed by atoms with Crippen LogP contribution in [0.2, 0.25) is 0 Å². The molecule has 0 aromatic heterocycles. The fraction of sp³-hybridized carbons (Fsp3) is 0.467. The highest BCUT2D eigenvalue weighted by Gasteiger charge is 2.32. The predicted octanol–water partition coefficient (Wildman–Crippen LogP) is 2.23. The van der Waals surface area contributed by atoms with Crippen LogP contribution >= 0.6 is 0 Å². The van der Waals surface area contributed by atoms with Gasteiger partial charge in [0.2, 0.25) is 0 Å². The Labute approximate surface area is 112 Å². The second-order valence-electron chi connectivity index (χ2n) is 5.21. The van der Waals surface area contributed by atoms with E-state index >= 15 is 0 Å². The van der Waals surface area contributed by atoms with Gasteiger partial charge in [-0.15, -0.1) is 0 Å². The van der Waals surface area contributed by atoms with Gasteiger partial charge in [0.05, 0.1) is 5.92 Å². The highest BCUT2D eigenvalue weighted by molar-refractivity contribution is 5.94. The molecule has 4 nitrogen and oxygen atoms in total. The Hall–Kier alpha value is -1.84. The normalized spacial score (nSPS) is 22.2. The van der Waals surface area contributed by atoms with Gasteiger partial charge in [0, 0.05) is 12.1 Å². The van der Waals surface area contributed by atoms with Gasteiger partial charge >= 0.3 is 5.97 Å². The molecule has 1 amide bonds. The van der Waals surface area contributed by atoms with Crippen LogP contribution in [0.1, 0.15) is 35.2 Å². The molecule has 1 aromatic carbocycles. The van der Waals surface area contributed by atoms with Crippen LogP contribution in [-0.2, 0) is 4.79 Å². The fourth-order valence-corrected chi connectivity index (χ4v) is 2.64. The summed E-state index contributed by atoms with van der Waals surface area (Å²) in [6.45, 7) is 2.42. The summed E-state index contributed by atoms with van der Waals surface area (Å²) in [7, 11) is 0. The second-order valence-corrected chi connectivity index (χ2v) is 5.21. The Bertz CT molecular complexity index is 467. The Morgan fingerprint density at radius 2 is 1.95 bits per heavy atom. The van der Waals surface area contributed by atoms with Crippen LogP contribution in [0, 0.1) is 18.8 Å². The van der Waals surface area contributed by atoms with Gasteiger partial charge < -0.3 is 10.4 Å². The van der Waals surface area contributed by atoms with Crippen molar-refractivity contribution < 1.29 is 14.7 Å². The van der Waals surface area contributed by atoms with Gasteiger partial charge in [-0.3, -0.25) is 9.59 Å². The molecule has 2 unspecified atom stereocenters. The van der Waals surface area contributed by atoms with Gasteiger partial charge in [-0.05, 0) is 37.8 Å². The van der Waals surface area contributed by atoms with Crippen molar-refractivity contribution in [2.75, 3.05) is 6.54 Å². The van der Waals surface area contributed by atoms with Gasteiger partial charge in [0.25, 0.3) is 5.91 Å². The summed E-state index contributed by atoms with van der Waals surface area (Å²) in [5.41, 5.74) is 1.73. The molecule has 2 rings (SSSR count). The average Bonchev–Trinajstić information content (AvgIpc) is 2.85. The molecule has 1 saturated carbocycles. The monoisotopic (exact) mass is 261 g/mol. The van der Waals surface area contributed by atoms with Crippen molar-refractivity contribution in [1.82, 2.24) is 5.32 Å². The standard InChI is InChI=1S/C15H19NO3/c1-10-5-7-11(8-6-10)14(17)16-9-12-3-2-4-13(12)15(18)19/h5-8,12-13H,2-4,9H2,1H3,(H,16,17)(H,18,19). The summed E-state index contributed by atoms with van der Waals surface area (Å²) in [6, 6.07) is 7.36. The summed E-state index contributed by atoms with van der Waals surface area (Å²) < 4.78 is 0. The van der Waals surface area contributed by atoms with E-state index in [1.54, 1.807) is 12.1 Å². The molecule has 0 spiro atoms. The van der Waals surface area contributed by atoms with Crippen molar-refractivity contribution >= 4 is 11.9 Å². The number of nitrogens with one attached hydrogen (secondary N) is 1.